The number of rotatable bonds is 6. The highest BCUT2D eigenvalue weighted by atomic mass is 16.1. The number of hydrogen-bond donors (Lipinski definition) is 1. The number of nitrogens with zero attached hydrogens (tertiary/aromatic N) is 3. The molecule has 0 saturated heterocycles. The molecule has 1 N–H and O–H groups in total. The molecule has 0 spiro atoms. The maximum Gasteiger partial charge on any atom is 0.159 e. The number of hydrogen-bond acceptors (Lipinski definition) is 5. The molecule has 1 aromatic heterocycles. The van der Waals surface area contributed by atoms with Gasteiger partial charge in [-0.2, -0.15) is 0 Å². The van der Waals surface area contributed by atoms with Gasteiger partial charge in [0.25, 0.3) is 0 Å². The Balaban J connectivity index is 2.15. The minimum absolute atomic E-state index is 0.0624. The Bertz CT molecular complexity index is 606. The van der Waals surface area contributed by atoms with Crippen LogP contribution in [-0.4, -0.2) is 28.8 Å². The summed E-state index contributed by atoms with van der Waals surface area (Å²) in [7, 11) is 0. The summed E-state index contributed by atoms with van der Waals surface area (Å²) in [5, 5.41) is 3.22. The van der Waals surface area contributed by atoms with Crippen LogP contribution in [0.2, 0.25) is 0 Å². The molecule has 110 valence electrons. The van der Waals surface area contributed by atoms with Crippen LogP contribution in [0.15, 0.2) is 36.7 Å². The molecule has 5 heteroatoms. The van der Waals surface area contributed by atoms with E-state index in [4.69, 9.17) is 0 Å². The van der Waals surface area contributed by atoms with Gasteiger partial charge in [0.1, 0.15) is 18.0 Å². The van der Waals surface area contributed by atoms with Crippen molar-refractivity contribution in [1.29, 1.82) is 0 Å². The molecule has 0 atom stereocenters. The summed E-state index contributed by atoms with van der Waals surface area (Å²) in [4.78, 5) is 21.9. The predicted molar refractivity (Wildman–Crippen MR) is 85.3 cm³/mol. The summed E-state index contributed by atoms with van der Waals surface area (Å²) in [6.07, 6.45) is 1.56. The second-order valence-corrected chi connectivity index (χ2v) is 4.69. The molecule has 0 amide bonds. The van der Waals surface area contributed by atoms with Crippen molar-refractivity contribution in [3.63, 3.8) is 0 Å². The van der Waals surface area contributed by atoms with E-state index in [1.165, 1.54) is 0 Å². The summed E-state index contributed by atoms with van der Waals surface area (Å²) in [5.41, 5.74) is 1.59. The maximum atomic E-state index is 11.3. The number of carbonyl (C=O) groups is 1. The van der Waals surface area contributed by atoms with Crippen LogP contribution in [0.5, 0.6) is 0 Å². The molecule has 0 radical (unpaired) electrons. The largest absolute Gasteiger partial charge is 0.357 e. The molecule has 1 heterocycles. The van der Waals surface area contributed by atoms with Crippen molar-refractivity contribution in [2.75, 3.05) is 23.3 Å². The molecule has 0 aliphatic rings. The standard InChI is InChI=1S/C16H20N4O/c1-4-20(5-2)16-10-15(17-11-18-16)19-14-8-6-13(7-9-14)12(3)21/h6-11H,4-5H2,1-3H3,(H,17,18,19). The Hall–Kier alpha value is -2.43. The van der Waals surface area contributed by atoms with E-state index in [1.54, 1.807) is 25.4 Å². The lowest BCUT2D eigenvalue weighted by Crippen LogP contribution is -2.23. The smallest absolute Gasteiger partial charge is 0.159 e. The normalized spacial score (nSPS) is 10.2. The Morgan fingerprint density at radius 1 is 1.14 bits per heavy atom. The predicted octanol–water partition coefficient (Wildman–Crippen LogP) is 3.27. The highest BCUT2D eigenvalue weighted by molar-refractivity contribution is 5.94. The number of nitrogens with one attached hydrogen (secondary N) is 1. The van der Waals surface area contributed by atoms with Gasteiger partial charge in [-0.3, -0.25) is 4.79 Å². The van der Waals surface area contributed by atoms with Gasteiger partial charge >= 0.3 is 0 Å². The molecule has 21 heavy (non-hydrogen) atoms. The van der Waals surface area contributed by atoms with Gasteiger partial charge in [-0.15, -0.1) is 0 Å². The molecule has 0 aliphatic heterocycles. The van der Waals surface area contributed by atoms with Crippen LogP contribution < -0.4 is 10.2 Å². The topological polar surface area (TPSA) is 58.1 Å². The van der Waals surface area contributed by atoms with Crippen molar-refractivity contribution in [3.05, 3.63) is 42.2 Å². The van der Waals surface area contributed by atoms with Crippen LogP contribution in [0.3, 0.4) is 0 Å². The first-order valence-corrected chi connectivity index (χ1v) is 7.09. The number of carbonyl (C=O) groups excluding carboxylic acids is 1. The van der Waals surface area contributed by atoms with Gasteiger partial charge in [-0.1, -0.05) is 0 Å². The summed E-state index contributed by atoms with van der Waals surface area (Å²) in [6.45, 7) is 7.56. The van der Waals surface area contributed by atoms with Crippen LogP contribution in [0.25, 0.3) is 0 Å². The third-order valence-corrected chi connectivity index (χ3v) is 3.30. The fraction of sp³-hybridized carbons (Fsp3) is 0.312. The van der Waals surface area contributed by atoms with Gasteiger partial charge in [0.15, 0.2) is 5.78 Å². The van der Waals surface area contributed by atoms with Gasteiger partial charge < -0.3 is 10.2 Å². The number of benzene rings is 1. The molecule has 0 unspecified atom stereocenters. The van der Waals surface area contributed by atoms with Crippen molar-refractivity contribution in [2.24, 2.45) is 0 Å². The van der Waals surface area contributed by atoms with Gasteiger partial charge in [0.2, 0.25) is 0 Å². The van der Waals surface area contributed by atoms with Gasteiger partial charge in [-0.05, 0) is 45.0 Å². The van der Waals surface area contributed by atoms with Crippen LogP contribution in [0.4, 0.5) is 17.3 Å². The second kappa shape index (κ2) is 6.83. The molecule has 5 nitrogen and oxygen atoms in total. The third-order valence-electron chi connectivity index (χ3n) is 3.30. The van der Waals surface area contributed by atoms with Gasteiger partial charge in [0.05, 0.1) is 0 Å². The summed E-state index contributed by atoms with van der Waals surface area (Å²) in [5.74, 6) is 1.70. The fourth-order valence-electron chi connectivity index (χ4n) is 2.07. The maximum absolute atomic E-state index is 11.3. The van der Waals surface area contributed by atoms with Crippen molar-refractivity contribution in [1.82, 2.24) is 9.97 Å². The molecule has 0 saturated carbocycles. The lowest BCUT2D eigenvalue weighted by molar-refractivity contribution is 0.101. The average Bonchev–Trinajstić information content (AvgIpc) is 2.49. The molecule has 0 bridgehead atoms. The molecular formula is C16H20N4O. The zero-order valence-electron chi connectivity index (χ0n) is 12.6. The van der Waals surface area contributed by atoms with E-state index in [2.05, 4.69) is 34.0 Å². The van der Waals surface area contributed by atoms with Gasteiger partial charge in [-0.25, -0.2) is 9.97 Å². The van der Waals surface area contributed by atoms with Crippen molar-refractivity contribution in [2.45, 2.75) is 20.8 Å². The van der Waals surface area contributed by atoms with Crippen LogP contribution in [0.1, 0.15) is 31.1 Å². The highest BCUT2D eigenvalue weighted by Crippen LogP contribution is 2.19. The van der Waals surface area contributed by atoms with Crippen molar-refractivity contribution >= 4 is 23.1 Å². The first-order valence-electron chi connectivity index (χ1n) is 7.09. The fourth-order valence-corrected chi connectivity index (χ4v) is 2.07. The van der Waals surface area contributed by atoms with Crippen LogP contribution >= 0.6 is 0 Å². The number of ketones is 1. The van der Waals surface area contributed by atoms with E-state index in [9.17, 15) is 4.79 Å². The zero-order chi connectivity index (χ0) is 15.2. The summed E-state index contributed by atoms with van der Waals surface area (Å²) >= 11 is 0. The Kier molecular flexibility index (Phi) is 4.87. The molecule has 1 aromatic carbocycles. The van der Waals surface area contributed by atoms with E-state index in [0.29, 0.717) is 5.56 Å². The first kappa shape index (κ1) is 15.0. The summed E-state index contributed by atoms with van der Waals surface area (Å²) in [6, 6.07) is 9.27. The zero-order valence-corrected chi connectivity index (χ0v) is 12.6. The molecule has 2 rings (SSSR count). The van der Waals surface area contributed by atoms with E-state index in [1.807, 2.05) is 18.2 Å². The Morgan fingerprint density at radius 2 is 1.81 bits per heavy atom. The lowest BCUT2D eigenvalue weighted by Gasteiger charge is -2.19. The average molecular weight is 284 g/mol. The number of anilines is 3. The SMILES string of the molecule is CCN(CC)c1cc(Nc2ccc(C(C)=O)cc2)ncn1. The van der Waals surface area contributed by atoms with Crippen molar-refractivity contribution in [3.8, 4) is 0 Å². The Morgan fingerprint density at radius 3 is 2.38 bits per heavy atom. The number of Topliss-reactive ketones (excluding diaryl/α,β-unsaturated/α-hetero) is 1. The van der Waals surface area contributed by atoms with E-state index < -0.39 is 0 Å². The quantitative estimate of drug-likeness (QED) is 0.825. The van der Waals surface area contributed by atoms with Gasteiger partial charge in [0, 0.05) is 30.4 Å². The van der Waals surface area contributed by atoms with E-state index >= 15 is 0 Å². The Labute approximate surface area is 125 Å². The molecule has 2 aromatic rings. The number of aromatic nitrogens is 2. The molecular weight excluding hydrogens is 264 g/mol. The van der Waals surface area contributed by atoms with Crippen molar-refractivity contribution < 1.29 is 4.79 Å². The minimum atomic E-state index is 0.0624. The molecule has 0 aliphatic carbocycles. The second-order valence-electron chi connectivity index (χ2n) is 4.69. The highest BCUT2D eigenvalue weighted by Gasteiger charge is 2.05. The molecule has 0 fully saturated rings. The third kappa shape index (κ3) is 3.78. The minimum Gasteiger partial charge on any atom is -0.357 e. The summed E-state index contributed by atoms with van der Waals surface area (Å²) < 4.78 is 0. The van der Waals surface area contributed by atoms with Crippen LogP contribution in [0, 0.1) is 0 Å². The lowest BCUT2D eigenvalue weighted by atomic mass is 10.1. The first-order chi connectivity index (χ1) is 10.1. The monoisotopic (exact) mass is 284 g/mol. The van der Waals surface area contributed by atoms with Crippen LogP contribution in [-0.2, 0) is 0 Å². The van der Waals surface area contributed by atoms with E-state index in [0.717, 1.165) is 30.4 Å². The van der Waals surface area contributed by atoms with E-state index in [-0.39, 0.29) is 5.78 Å².